The van der Waals surface area contributed by atoms with E-state index in [2.05, 4.69) is 15.8 Å². The zero-order valence-corrected chi connectivity index (χ0v) is 17.1. The van der Waals surface area contributed by atoms with E-state index in [1.807, 2.05) is 65.5 Å². The van der Waals surface area contributed by atoms with Crippen molar-refractivity contribution >= 4 is 18.0 Å². The first-order valence-electron chi connectivity index (χ1n) is 10.0. The number of carbonyl (C=O) groups excluding carboxylic acids is 2. The van der Waals surface area contributed by atoms with E-state index in [4.69, 9.17) is 9.84 Å². The molecular formula is C23H23N5O3. The van der Waals surface area contributed by atoms with E-state index in [0.29, 0.717) is 17.8 Å². The zero-order valence-electron chi connectivity index (χ0n) is 17.1. The highest BCUT2D eigenvalue weighted by atomic mass is 16.5. The Hall–Kier alpha value is -3.94. The number of rotatable bonds is 7. The van der Waals surface area contributed by atoms with Crippen molar-refractivity contribution in [2.24, 2.45) is 5.10 Å². The molecule has 0 saturated heterocycles. The predicted molar refractivity (Wildman–Crippen MR) is 117 cm³/mol. The van der Waals surface area contributed by atoms with Crippen molar-refractivity contribution in [1.82, 2.24) is 20.5 Å². The molecule has 1 fully saturated rings. The second kappa shape index (κ2) is 9.25. The molecule has 1 heterocycles. The van der Waals surface area contributed by atoms with Crippen LogP contribution in [0.2, 0.25) is 0 Å². The summed E-state index contributed by atoms with van der Waals surface area (Å²) in [5.74, 6) is -0.711. The van der Waals surface area contributed by atoms with E-state index in [0.717, 1.165) is 29.7 Å². The van der Waals surface area contributed by atoms with Gasteiger partial charge in [-0.3, -0.25) is 14.3 Å². The maximum Gasteiger partial charge on any atom is 0.329 e. The molecule has 1 aromatic heterocycles. The Balaban J connectivity index is 1.54. The van der Waals surface area contributed by atoms with Crippen LogP contribution >= 0.6 is 0 Å². The van der Waals surface area contributed by atoms with Gasteiger partial charge in [-0.25, -0.2) is 5.43 Å². The number of hydrogen-bond donors (Lipinski definition) is 2. The Morgan fingerprint density at radius 3 is 2.55 bits per heavy atom. The molecule has 0 spiro atoms. The minimum atomic E-state index is -0.786. The fourth-order valence-corrected chi connectivity index (χ4v) is 3.05. The number of benzene rings is 2. The van der Waals surface area contributed by atoms with Crippen LogP contribution < -0.4 is 15.5 Å². The largest absolute Gasteiger partial charge is 0.497 e. The Kier molecular flexibility index (Phi) is 6.07. The molecule has 0 bridgehead atoms. The maximum absolute atomic E-state index is 11.9. The first-order valence-corrected chi connectivity index (χ1v) is 10.0. The third-order valence-electron chi connectivity index (χ3n) is 4.83. The van der Waals surface area contributed by atoms with Crippen molar-refractivity contribution in [2.45, 2.75) is 25.4 Å². The first-order chi connectivity index (χ1) is 15.1. The average Bonchev–Trinajstić information content (AvgIpc) is 3.52. The number of hydrogen-bond acceptors (Lipinski definition) is 5. The Labute approximate surface area is 179 Å². The van der Waals surface area contributed by atoms with Gasteiger partial charge in [0.1, 0.15) is 11.4 Å². The average molecular weight is 417 g/mol. The van der Waals surface area contributed by atoms with Gasteiger partial charge in [-0.05, 0) is 42.7 Å². The Bertz CT molecular complexity index is 1090. The summed E-state index contributed by atoms with van der Waals surface area (Å²) < 4.78 is 7.05. The third kappa shape index (κ3) is 5.36. The van der Waals surface area contributed by atoms with E-state index in [-0.39, 0.29) is 6.04 Å². The van der Waals surface area contributed by atoms with Gasteiger partial charge in [-0.1, -0.05) is 30.3 Å². The van der Waals surface area contributed by atoms with Crippen LogP contribution in [0.5, 0.6) is 5.75 Å². The lowest BCUT2D eigenvalue weighted by molar-refractivity contribution is -0.139. The molecule has 2 amide bonds. The van der Waals surface area contributed by atoms with Crippen molar-refractivity contribution in [2.75, 3.05) is 7.11 Å². The highest BCUT2D eigenvalue weighted by Gasteiger charge is 2.26. The minimum Gasteiger partial charge on any atom is -0.497 e. The van der Waals surface area contributed by atoms with Gasteiger partial charge >= 0.3 is 11.8 Å². The molecule has 0 atom stereocenters. The Morgan fingerprint density at radius 1 is 1.13 bits per heavy atom. The van der Waals surface area contributed by atoms with Crippen molar-refractivity contribution in [1.29, 1.82) is 0 Å². The summed E-state index contributed by atoms with van der Waals surface area (Å²) in [6.07, 6.45) is 5.17. The molecule has 8 heteroatoms. The number of ether oxygens (including phenoxy) is 1. The molecule has 2 aromatic carbocycles. The van der Waals surface area contributed by atoms with Gasteiger partial charge in [0.25, 0.3) is 0 Å². The van der Waals surface area contributed by atoms with E-state index in [1.54, 1.807) is 7.11 Å². The number of methoxy groups -OCH3 is 1. The van der Waals surface area contributed by atoms with Crippen LogP contribution in [0.4, 0.5) is 0 Å². The summed E-state index contributed by atoms with van der Waals surface area (Å²) in [6, 6.07) is 17.6. The van der Waals surface area contributed by atoms with Crippen molar-refractivity contribution in [3.63, 3.8) is 0 Å². The van der Waals surface area contributed by atoms with Gasteiger partial charge in [0, 0.05) is 23.4 Å². The van der Waals surface area contributed by atoms with Crippen LogP contribution in [0.15, 0.2) is 65.9 Å². The van der Waals surface area contributed by atoms with Crippen molar-refractivity contribution in [3.05, 3.63) is 71.9 Å². The smallest absolute Gasteiger partial charge is 0.329 e. The summed E-state index contributed by atoms with van der Waals surface area (Å²) in [5, 5.41) is 11.3. The number of aromatic nitrogens is 2. The SMILES string of the molecule is COc1ccc(-c2nn(Cc3ccccc3)cc2/C=N\NC(=O)C(=O)NC2CC2)cc1. The molecule has 1 aliphatic rings. The lowest BCUT2D eigenvalue weighted by Crippen LogP contribution is -2.38. The monoisotopic (exact) mass is 417 g/mol. The van der Waals surface area contributed by atoms with E-state index in [9.17, 15) is 9.59 Å². The van der Waals surface area contributed by atoms with Crippen LogP contribution in [0.3, 0.4) is 0 Å². The Morgan fingerprint density at radius 2 is 1.87 bits per heavy atom. The number of carbonyl (C=O) groups is 2. The quantitative estimate of drug-likeness (QED) is 0.350. The number of nitrogens with one attached hydrogen (secondary N) is 2. The van der Waals surface area contributed by atoms with Crippen LogP contribution in [0, 0.1) is 0 Å². The van der Waals surface area contributed by atoms with Crippen LogP contribution in [0.25, 0.3) is 11.3 Å². The summed E-state index contributed by atoms with van der Waals surface area (Å²) in [5.41, 5.74) is 5.69. The van der Waals surface area contributed by atoms with E-state index in [1.165, 1.54) is 6.21 Å². The summed E-state index contributed by atoms with van der Waals surface area (Å²) in [6.45, 7) is 0.591. The van der Waals surface area contributed by atoms with Gasteiger partial charge in [-0.15, -0.1) is 0 Å². The molecule has 31 heavy (non-hydrogen) atoms. The van der Waals surface area contributed by atoms with E-state index < -0.39 is 11.8 Å². The molecule has 8 nitrogen and oxygen atoms in total. The molecule has 3 aromatic rings. The lowest BCUT2D eigenvalue weighted by atomic mass is 10.1. The van der Waals surface area contributed by atoms with Crippen LogP contribution in [-0.4, -0.2) is 41.0 Å². The second-order valence-electron chi connectivity index (χ2n) is 7.29. The number of nitrogens with zero attached hydrogens (tertiary/aromatic N) is 3. The van der Waals surface area contributed by atoms with Crippen LogP contribution in [0.1, 0.15) is 24.0 Å². The molecule has 2 N–H and O–H groups in total. The topological polar surface area (TPSA) is 97.6 Å². The highest BCUT2D eigenvalue weighted by molar-refractivity contribution is 6.35. The van der Waals surface area contributed by atoms with Gasteiger partial charge in [-0.2, -0.15) is 10.2 Å². The molecule has 4 rings (SSSR count). The summed E-state index contributed by atoms with van der Waals surface area (Å²) in [4.78, 5) is 23.7. The lowest BCUT2D eigenvalue weighted by Gasteiger charge is -2.03. The van der Waals surface area contributed by atoms with E-state index >= 15 is 0 Å². The second-order valence-corrected chi connectivity index (χ2v) is 7.29. The van der Waals surface area contributed by atoms with Gasteiger partial charge < -0.3 is 10.1 Å². The van der Waals surface area contributed by atoms with Gasteiger partial charge in [0.05, 0.1) is 19.9 Å². The molecule has 0 radical (unpaired) electrons. The fourth-order valence-electron chi connectivity index (χ4n) is 3.05. The molecule has 0 unspecified atom stereocenters. The molecule has 1 aliphatic carbocycles. The highest BCUT2D eigenvalue weighted by Crippen LogP contribution is 2.24. The summed E-state index contributed by atoms with van der Waals surface area (Å²) in [7, 11) is 1.61. The zero-order chi connectivity index (χ0) is 21.6. The number of hydrazone groups is 1. The first kappa shape index (κ1) is 20.3. The van der Waals surface area contributed by atoms with Gasteiger partial charge in [0.2, 0.25) is 0 Å². The third-order valence-corrected chi connectivity index (χ3v) is 4.83. The maximum atomic E-state index is 11.9. The van der Waals surface area contributed by atoms with Gasteiger partial charge in [0.15, 0.2) is 0 Å². The number of amides is 2. The van der Waals surface area contributed by atoms with Crippen LogP contribution in [-0.2, 0) is 16.1 Å². The normalized spacial score (nSPS) is 13.2. The fraction of sp³-hybridized carbons (Fsp3) is 0.217. The molecule has 1 saturated carbocycles. The molecule has 158 valence electrons. The van der Waals surface area contributed by atoms with Crippen molar-refractivity contribution < 1.29 is 14.3 Å². The standard InChI is InChI=1S/C23H23N5O3/c1-31-20-11-7-17(8-12-20)21-18(13-24-26-23(30)22(29)25-19-9-10-19)15-28(27-21)14-16-5-3-2-4-6-16/h2-8,11-13,15,19H,9-10,14H2,1H3,(H,25,29)(H,26,30)/b24-13-. The minimum absolute atomic E-state index is 0.111. The molecule has 0 aliphatic heterocycles. The molecular weight excluding hydrogens is 394 g/mol. The predicted octanol–water partition coefficient (Wildman–Crippen LogP) is 2.34. The summed E-state index contributed by atoms with van der Waals surface area (Å²) >= 11 is 0. The van der Waals surface area contributed by atoms with Crippen molar-refractivity contribution in [3.8, 4) is 17.0 Å².